The molecule has 0 N–H and O–H groups in total. The third kappa shape index (κ3) is 3.14. The van der Waals surface area contributed by atoms with Gasteiger partial charge in [-0.15, -0.1) is 11.3 Å². The predicted molar refractivity (Wildman–Crippen MR) is 103 cm³/mol. The fourth-order valence-electron chi connectivity index (χ4n) is 2.32. The van der Waals surface area contributed by atoms with Crippen molar-refractivity contribution < 1.29 is 9.47 Å². The van der Waals surface area contributed by atoms with E-state index in [4.69, 9.17) is 19.4 Å². The molecule has 3 rings (SSSR count). The molecular weight excluding hydrogens is 423 g/mol. The van der Waals surface area contributed by atoms with E-state index in [1.165, 1.54) is 0 Å². The van der Waals surface area contributed by atoms with Crippen molar-refractivity contribution in [2.45, 2.75) is 19.8 Å². The van der Waals surface area contributed by atoms with Gasteiger partial charge in [0.05, 0.1) is 30.8 Å². The summed E-state index contributed by atoms with van der Waals surface area (Å²) in [5.74, 6) is 1.92. The lowest BCUT2D eigenvalue weighted by Gasteiger charge is -2.11. The van der Waals surface area contributed by atoms with Gasteiger partial charge < -0.3 is 9.47 Å². The van der Waals surface area contributed by atoms with E-state index < -0.39 is 0 Å². The Hall–Kier alpha value is -1.41. The van der Waals surface area contributed by atoms with Crippen molar-refractivity contribution in [1.82, 2.24) is 9.97 Å². The number of rotatable bonds is 4. The minimum absolute atomic E-state index is 0.416. The molecule has 0 aliphatic heterocycles. The summed E-state index contributed by atoms with van der Waals surface area (Å²) >= 11 is 3.95. The highest BCUT2D eigenvalue weighted by Crippen LogP contribution is 2.36. The summed E-state index contributed by atoms with van der Waals surface area (Å²) in [7, 11) is 3.30. The van der Waals surface area contributed by atoms with Gasteiger partial charge in [0.1, 0.15) is 22.2 Å². The molecule has 0 aliphatic carbocycles. The molecule has 0 bridgehead atoms. The maximum Gasteiger partial charge on any atom is 0.142 e. The van der Waals surface area contributed by atoms with Crippen LogP contribution in [0.4, 0.5) is 0 Å². The van der Waals surface area contributed by atoms with Gasteiger partial charge in [0.25, 0.3) is 0 Å². The van der Waals surface area contributed by atoms with Gasteiger partial charge in [-0.25, -0.2) is 9.97 Å². The molecule has 0 saturated heterocycles. The fourth-order valence-corrected chi connectivity index (χ4v) is 4.09. The number of thiazole rings is 1. The van der Waals surface area contributed by atoms with Crippen molar-refractivity contribution in [3.63, 3.8) is 0 Å². The average Bonchev–Trinajstić information content (AvgIpc) is 3.03. The zero-order valence-corrected chi connectivity index (χ0v) is 16.4. The standard InChI is InChI=1S/C17H17IN2O2S/c1-9(2)14-8-23-17(20-14)13-7-11(18)16-12(19-13)5-10(21-3)6-15(16)22-4/h5-9H,1-4H3. The predicted octanol–water partition coefficient (Wildman–Crippen LogP) is 5.10. The lowest BCUT2D eigenvalue weighted by atomic mass is 10.1. The second-order valence-electron chi connectivity index (χ2n) is 5.45. The van der Waals surface area contributed by atoms with Gasteiger partial charge in [0, 0.05) is 21.1 Å². The third-order valence-electron chi connectivity index (χ3n) is 3.59. The van der Waals surface area contributed by atoms with E-state index in [-0.39, 0.29) is 0 Å². The number of pyridine rings is 1. The van der Waals surface area contributed by atoms with Crippen LogP contribution in [0.2, 0.25) is 0 Å². The van der Waals surface area contributed by atoms with Crippen LogP contribution in [0, 0.1) is 3.57 Å². The molecule has 120 valence electrons. The molecule has 0 atom stereocenters. The summed E-state index contributed by atoms with van der Waals surface area (Å²) in [6.07, 6.45) is 0. The van der Waals surface area contributed by atoms with Gasteiger partial charge in [0.2, 0.25) is 0 Å². The maximum atomic E-state index is 5.49. The molecule has 2 heterocycles. The molecule has 6 heteroatoms. The van der Waals surface area contributed by atoms with Crippen LogP contribution >= 0.6 is 33.9 Å². The minimum atomic E-state index is 0.416. The molecule has 0 aliphatic rings. The second kappa shape index (κ2) is 6.60. The Bertz CT molecular complexity index is 861. The second-order valence-corrected chi connectivity index (χ2v) is 7.47. The highest BCUT2D eigenvalue weighted by atomic mass is 127. The first kappa shape index (κ1) is 16.4. The number of hydrogen-bond acceptors (Lipinski definition) is 5. The zero-order chi connectivity index (χ0) is 16.6. The van der Waals surface area contributed by atoms with Crippen LogP contribution in [0.5, 0.6) is 11.5 Å². The molecule has 3 aromatic rings. The Morgan fingerprint density at radius 1 is 1.09 bits per heavy atom. The Balaban J connectivity index is 2.19. The normalized spacial score (nSPS) is 11.2. The van der Waals surface area contributed by atoms with Crippen molar-refractivity contribution >= 4 is 44.8 Å². The van der Waals surface area contributed by atoms with Crippen LogP contribution < -0.4 is 9.47 Å². The van der Waals surface area contributed by atoms with Crippen LogP contribution in [-0.4, -0.2) is 24.2 Å². The summed E-state index contributed by atoms with van der Waals surface area (Å²) in [6, 6.07) is 5.87. The molecule has 0 fully saturated rings. The summed E-state index contributed by atoms with van der Waals surface area (Å²) in [4.78, 5) is 9.48. The largest absolute Gasteiger partial charge is 0.497 e. The van der Waals surface area contributed by atoms with Gasteiger partial charge >= 0.3 is 0 Å². The molecule has 1 aromatic carbocycles. The first-order chi connectivity index (χ1) is 11.0. The molecule has 0 radical (unpaired) electrons. The van der Waals surface area contributed by atoms with E-state index in [0.29, 0.717) is 5.92 Å². The number of ether oxygens (including phenoxy) is 2. The monoisotopic (exact) mass is 440 g/mol. The summed E-state index contributed by atoms with van der Waals surface area (Å²) in [5.41, 5.74) is 2.84. The number of benzene rings is 1. The van der Waals surface area contributed by atoms with Gasteiger partial charge in [-0.1, -0.05) is 13.8 Å². The van der Waals surface area contributed by atoms with Crippen LogP contribution in [0.1, 0.15) is 25.5 Å². The minimum Gasteiger partial charge on any atom is -0.497 e. The van der Waals surface area contributed by atoms with Crippen molar-refractivity contribution in [2.75, 3.05) is 14.2 Å². The topological polar surface area (TPSA) is 44.2 Å². The first-order valence-electron chi connectivity index (χ1n) is 7.21. The molecule has 4 nitrogen and oxygen atoms in total. The SMILES string of the molecule is COc1cc(OC)c2c(I)cc(-c3nc(C(C)C)cs3)nc2c1. The Labute approximate surface area is 153 Å². The van der Waals surface area contributed by atoms with E-state index in [2.05, 4.69) is 47.9 Å². The van der Waals surface area contributed by atoms with Crippen LogP contribution in [0.25, 0.3) is 21.6 Å². The van der Waals surface area contributed by atoms with E-state index in [0.717, 1.165) is 42.4 Å². The highest BCUT2D eigenvalue weighted by molar-refractivity contribution is 14.1. The van der Waals surface area contributed by atoms with E-state index in [1.807, 2.05) is 12.1 Å². The molecule has 0 saturated carbocycles. The van der Waals surface area contributed by atoms with Gasteiger partial charge in [-0.3, -0.25) is 0 Å². The van der Waals surface area contributed by atoms with Gasteiger partial charge in [-0.2, -0.15) is 0 Å². The molecular formula is C17H17IN2O2S. The molecule has 23 heavy (non-hydrogen) atoms. The number of fused-ring (bicyclic) bond motifs is 1. The van der Waals surface area contributed by atoms with Gasteiger partial charge in [-0.05, 0) is 34.6 Å². The van der Waals surface area contributed by atoms with E-state index in [9.17, 15) is 0 Å². The number of methoxy groups -OCH3 is 2. The van der Waals surface area contributed by atoms with E-state index >= 15 is 0 Å². The lowest BCUT2D eigenvalue weighted by molar-refractivity contribution is 0.397. The number of halogens is 1. The van der Waals surface area contributed by atoms with Crippen LogP contribution in [-0.2, 0) is 0 Å². The maximum absolute atomic E-state index is 5.49. The van der Waals surface area contributed by atoms with Crippen molar-refractivity contribution in [3.05, 3.63) is 32.8 Å². The molecule has 0 spiro atoms. The Morgan fingerprint density at radius 2 is 1.87 bits per heavy atom. The smallest absolute Gasteiger partial charge is 0.142 e. The molecule has 2 aromatic heterocycles. The van der Waals surface area contributed by atoms with Crippen LogP contribution in [0.15, 0.2) is 23.6 Å². The summed E-state index contributed by atoms with van der Waals surface area (Å²) in [6.45, 7) is 4.29. The summed E-state index contributed by atoms with van der Waals surface area (Å²) in [5, 5.41) is 4.04. The number of hydrogen-bond donors (Lipinski definition) is 0. The lowest BCUT2D eigenvalue weighted by Crippen LogP contribution is -1.95. The Kier molecular flexibility index (Phi) is 4.72. The number of aromatic nitrogens is 2. The molecule has 0 amide bonds. The van der Waals surface area contributed by atoms with Crippen LogP contribution in [0.3, 0.4) is 0 Å². The zero-order valence-electron chi connectivity index (χ0n) is 13.4. The first-order valence-corrected chi connectivity index (χ1v) is 9.17. The fraction of sp³-hybridized carbons (Fsp3) is 0.294. The van der Waals surface area contributed by atoms with Gasteiger partial charge in [0.15, 0.2) is 0 Å². The average molecular weight is 440 g/mol. The molecule has 0 unspecified atom stereocenters. The van der Waals surface area contributed by atoms with E-state index in [1.54, 1.807) is 25.6 Å². The Morgan fingerprint density at radius 3 is 2.48 bits per heavy atom. The number of nitrogens with zero attached hydrogens (tertiary/aromatic N) is 2. The third-order valence-corrected chi connectivity index (χ3v) is 5.32. The highest BCUT2D eigenvalue weighted by Gasteiger charge is 2.15. The quantitative estimate of drug-likeness (QED) is 0.530. The summed E-state index contributed by atoms with van der Waals surface area (Å²) < 4.78 is 11.9. The van der Waals surface area contributed by atoms with Crippen molar-refractivity contribution in [1.29, 1.82) is 0 Å². The van der Waals surface area contributed by atoms with Crippen molar-refractivity contribution in [2.24, 2.45) is 0 Å². The van der Waals surface area contributed by atoms with Crippen molar-refractivity contribution in [3.8, 4) is 22.2 Å².